The van der Waals surface area contributed by atoms with Crippen LogP contribution in [0.1, 0.15) is 33.1 Å². The number of aldehydes is 1. The van der Waals surface area contributed by atoms with Gasteiger partial charge in [0, 0.05) is 0 Å². The van der Waals surface area contributed by atoms with Gasteiger partial charge in [-0.25, -0.2) is 0 Å². The predicted octanol–water partition coefficient (Wildman–Crippen LogP) is 3.12. The Morgan fingerprint density at radius 2 is 2.21 bits per heavy atom. The minimum atomic E-state index is 0.675. The molecule has 14 heavy (non-hydrogen) atoms. The summed E-state index contributed by atoms with van der Waals surface area (Å²) in [6.45, 7) is 4.06. The van der Waals surface area contributed by atoms with Crippen LogP contribution in [0.15, 0.2) is 23.3 Å². The molecule has 0 spiro atoms. The number of hydrogen-bond acceptors (Lipinski definition) is 1. The lowest BCUT2D eigenvalue weighted by molar-refractivity contribution is -0.104. The van der Waals surface area contributed by atoms with Gasteiger partial charge in [-0.2, -0.15) is 0 Å². The lowest BCUT2D eigenvalue weighted by Gasteiger charge is -2.20. The van der Waals surface area contributed by atoms with Crippen LogP contribution in [0.25, 0.3) is 0 Å². The standard InChI is InChI=1S/C13H18O/c1-3-10-5-13-7-12(10)6-11(13)4-9(2)8-14/h3-4,8,11-13H,5-7H2,1-2H3/t11?,12-,13-/m1/s1. The van der Waals surface area contributed by atoms with E-state index in [1.807, 2.05) is 6.92 Å². The first-order valence-corrected chi connectivity index (χ1v) is 5.53. The number of carbonyl (C=O) groups excluding carboxylic acids is 1. The van der Waals surface area contributed by atoms with Crippen molar-refractivity contribution in [2.24, 2.45) is 17.8 Å². The average molecular weight is 190 g/mol. The summed E-state index contributed by atoms with van der Waals surface area (Å²) in [5.74, 6) is 2.32. The Balaban J connectivity index is 2.07. The first-order valence-electron chi connectivity index (χ1n) is 5.53. The summed E-state index contributed by atoms with van der Waals surface area (Å²) in [7, 11) is 0. The van der Waals surface area contributed by atoms with Crippen LogP contribution in [0.4, 0.5) is 0 Å². The molecule has 0 N–H and O–H groups in total. The van der Waals surface area contributed by atoms with Crippen molar-refractivity contribution in [2.75, 3.05) is 0 Å². The summed E-state index contributed by atoms with van der Waals surface area (Å²) in [6, 6.07) is 0. The monoisotopic (exact) mass is 190 g/mol. The van der Waals surface area contributed by atoms with E-state index < -0.39 is 0 Å². The minimum absolute atomic E-state index is 0.675. The predicted molar refractivity (Wildman–Crippen MR) is 57.9 cm³/mol. The van der Waals surface area contributed by atoms with Gasteiger partial charge in [0.2, 0.25) is 0 Å². The van der Waals surface area contributed by atoms with Crippen molar-refractivity contribution in [3.63, 3.8) is 0 Å². The molecule has 0 aromatic heterocycles. The first-order chi connectivity index (χ1) is 6.74. The third kappa shape index (κ3) is 1.56. The highest BCUT2D eigenvalue weighted by atomic mass is 16.1. The van der Waals surface area contributed by atoms with Gasteiger partial charge in [0.25, 0.3) is 0 Å². The van der Waals surface area contributed by atoms with Gasteiger partial charge in [-0.05, 0) is 56.4 Å². The Hall–Kier alpha value is -0.850. The van der Waals surface area contributed by atoms with Gasteiger partial charge in [0.1, 0.15) is 6.29 Å². The molecule has 2 bridgehead atoms. The summed E-state index contributed by atoms with van der Waals surface area (Å²) in [6.07, 6.45) is 9.35. The quantitative estimate of drug-likeness (QED) is 0.371. The second-order valence-corrected chi connectivity index (χ2v) is 4.69. The first kappa shape index (κ1) is 9.70. The van der Waals surface area contributed by atoms with Gasteiger partial charge in [0.15, 0.2) is 0 Å². The Bertz CT molecular complexity index is 298. The fourth-order valence-corrected chi connectivity index (χ4v) is 3.10. The van der Waals surface area contributed by atoms with E-state index in [9.17, 15) is 4.79 Å². The van der Waals surface area contributed by atoms with Crippen molar-refractivity contribution in [3.8, 4) is 0 Å². The lowest BCUT2D eigenvalue weighted by Crippen LogP contribution is -2.10. The zero-order chi connectivity index (χ0) is 10.1. The third-order valence-corrected chi connectivity index (χ3v) is 3.81. The van der Waals surface area contributed by atoms with Gasteiger partial charge >= 0.3 is 0 Å². The Morgan fingerprint density at radius 3 is 2.71 bits per heavy atom. The van der Waals surface area contributed by atoms with E-state index in [-0.39, 0.29) is 0 Å². The van der Waals surface area contributed by atoms with E-state index in [0.717, 1.165) is 23.7 Å². The van der Waals surface area contributed by atoms with E-state index in [2.05, 4.69) is 19.1 Å². The summed E-state index contributed by atoms with van der Waals surface area (Å²) in [4.78, 5) is 10.5. The van der Waals surface area contributed by atoms with Crippen LogP contribution in [-0.4, -0.2) is 6.29 Å². The molecule has 2 rings (SSSR count). The molecule has 2 aliphatic rings. The number of hydrogen-bond donors (Lipinski definition) is 0. The largest absolute Gasteiger partial charge is 0.298 e. The molecule has 1 heteroatoms. The summed E-state index contributed by atoms with van der Waals surface area (Å²) >= 11 is 0. The maximum Gasteiger partial charge on any atom is 0.145 e. The highest BCUT2D eigenvalue weighted by Gasteiger charge is 2.40. The molecule has 0 radical (unpaired) electrons. The zero-order valence-electron chi connectivity index (χ0n) is 8.99. The summed E-state index contributed by atoms with van der Waals surface area (Å²) < 4.78 is 0. The van der Waals surface area contributed by atoms with Crippen molar-refractivity contribution in [1.82, 2.24) is 0 Å². The number of rotatable bonds is 2. The molecular formula is C13H18O. The van der Waals surface area contributed by atoms with Crippen molar-refractivity contribution >= 4 is 6.29 Å². The highest BCUT2D eigenvalue weighted by molar-refractivity contribution is 5.72. The van der Waals surface area contributed by atoms with Gasteiger partial charge < -0.3 is 0 Å². The average Bonchev–Trinajstić information content (AvgIpc) is 2.75. The van der Waals surface area contributed by atoms with E-state index in [4.69, 9.17) is 0 Å². The van der Waals surface area contributed by atoms with Crippen LogP contribution in [0.5, 0.6) is 0 Å². The van der Waals surface area contributed by atoms with Crippen LogP contribution in [0.2, 0.25) is 0 Å². The Morgan fingerprint density at radius 1 is 1.43 bits per heavy atom. The fourth-order valence-electron chi connectivity index (χ4n) is 3.10. The van der Waals surface area contributed by atoms with Crippen molar-refractivity contribution < 1.29 is 4.79 Å². The molecule has 2 fully saturated rings. The molecule has 1 unspecified atom stereocenters. The fraction of sp³-hybridized carbons (Fsp3) is 0.615. The lowest BCUT2D eigenvalue weighted by atomic mass is 9.85. The van der Waals surface area contributed by atoms with Crippen LogP contribution < -0.4 is 0 Å². The molecule has 0 aromatic rings. The van der Waals surface area contributed by atoms with Crippen molar-refractivity contribution in [2.45, 2.75) is 33.1 Å². The maximum absolute atomic E-state index is 10.5. The van der Waals surface area contributed by atoms with Crippen molar-refractivity contribution in [3.05, 3.63) is 23.3 Å². The van der Waals surface area contributed by atoms with E-state index in [0.29, 0.717) is 5.92 Å². The molecule has 3 atom stereocenters. The molecule has 0 amide bonds. The maximum atomic E-state index is 10.5. The smallest absolute Gasteiger partial charge is 0.145 e. The van der Waals surface area contributed by atoms with E-state index in [1.54, 1.807) is 5.57 Å². The number of fused-ring (bicyclic) bond motifs is 2. The molecule has 0 aromatic carbocycles. The van der Waals surface area contributed by atoms with Gasteiger partial charge in [-0.3, -0.25) is 4.79 Å². The molecule has 2 saturated carbocycles. The summed E-state index contributed by atoms with van der Waals surface area (Å²) in [5, 5.41) is 0. The number of carbonyl (C=O) groups is 1. The molecule has 76 valence electrons. The van der Waals surface area contributed by atoms with Gasteiger partial charge in [-0.1, -0.05) is 17.7 Å². The van der Waals surface area contributed by atoms with Crippen molar-refractivity contribution in [1.29, 1.82) is 0 Å². The molecular weight excluding hydrogens is 172 g/mol. The molecule has 1 nitrogen and oxygen atoms in total. The van der Waals surface area contributed by atoms with Crippen LogP contribution >= 0.6 is 0 Å². The Kier molecular flexibility index (Phi) is 2.58. The Labute approximate surface area is 85.9 Å². The number of allylic oxidation sites excluding steroid dienone is 4. The summed E-state index contributed by atoms with van der Waals surface area (Å²) in [5.41, 5.74) is 2.56. The molecule has 0 heterocycles. The third-order valence-electron chi connectivity index (χ3n) is 3.81. The molecule has 0 aliphatic heterocycles. The highest BCUT2D eigenvalue weighted by Crippen LogP contribution is 2.52. The zero-order valence-corrected chi connectivity index (χ0v) is 8.99. The molecule has 0 saturated heterocycles. The second-order valence-electron chi connectivity index (χ2n) is 4.69. The topological polar surface area (TPSA) is 17.1 Å². The van der Waals surface area contributed by atoms with Crippen LogP contribution in [-0.2, 0) is 4.79 Å². The molecule has 2 aliphatic carbocycles. The second kappa shape index (κ2) is 3.72. The van der Waals surface area contributed by atoms with Crippen LogP contribution in [0.3, 0.4) is 0 Å². The minimum Gasteiger partial charge on any atom is -0.298 e. The van der Waals surface area contributed by atoms with Gasteiger partial charge in [-0.15, -0.1) is 0 Å². The van der Waals surface area contributed by atoms with Crippen LogP contribution in [0, 0.1) is 17.8 Å². The van der Waals surface area contributed by atoms with E-state index >= 15 is 0 Å². The normalized spacial score (nSPS) is 39.4. The van der Waals surface area contributed by atoms with E-state index in [1.165, 1.54) is 19.3 Å². The SMILES string of the molecule is CC=C1C[C@@H]2C[C@H]1CC2C=C(C)C=O. The van der Waals surface area contributed by atoms with Gasteiger partial charge in [0.05, 0.1) is 0 Å².